The Morgan fingerprint density at radius 2 is 2.20 bits per heavy atom. The van der Waals surface area contributed by atoms with Gasteiger partial charge in [-0.1, -0.05) is 19.1 Å². The molecule has 0 radical (unpaired) electrons. The van der Waals surface area contributed by atoms with Crippen molar-refractivity contribution in [3.8, 4) is 0 Å². The van der Waals surface area contributed by atoms with Crippen molar-refractivity contribution >= 4 is 16.8 Å². The molecule has 0 spiro atoms. The lowest BCUT2D eigenvalue weighted by Gasteiger charge is -2.28. The van der Waals surface area contributed by atoms with Crippen LogP contribution in [0.15, 0.2) is 30.5 Å². The Hall–Kier alpha value is -1.81. The van der Waals surface area contributed by atoms with E-state index in [0.717, 1.165) is 22.9 Å². The highest BCUT2D eigenvalue weighted by Gasteiger charge is 2.22. The van der Waals surface area contributed by atoms with Crippen molar-refractivity contribution in [3.05, 3.63) is 36.0 Å². The number of H-pyrrole nitrogens is 1. The van der Waals surface area contributed by atoms with Crippen LogP contribution in [0.4, 0.5) is 0 Å². The number of hydrogen-bond acceptors (Lipinski definition) is 2. The van der Waals surface area contributed by atoms with Gasteiger partial charge in [0.2, 0.25) is 0 Å². The van der Waals surface area contributed by atoms with Crippen LogP contribution in [0, 0.1) is 0 Å². The molecule has 2 rings (SSSR count). The van der Waals surface area contributed by atoms with E-state index in [1.165, 1.54) is 0 Å². The molecule has 2 aromatic rings. The molecular formula is C16H22N2O2. The van der Waals surface area contributed by atoms with Gasteiger partial charge in [-0.25, -0.2) is 0 Å². The molecule has 1 atom stereocenters. The Labute approximate surface area is 119 Å². The summed E-state index contributed by atoms with van der Waals surface area (Å²) >= 11 is 0. The van der Waals surface area contributed by atoms with Crippen LogP contribution in [0.25, 0.3) is 10.9 Å². The highest BCUT2D eigenvalue weighted by atomic mass is 16.5. The molecule has 0 aliphatic rings. The molecule has 0 fully saturated rings. The zero-order valence-corrected chi connectivity index (χ0v) is 12.3. The number of nitrogens with zero attached hydrogens (tertiary/aromatic N) is 1. The normalized spacial score (nSPS) is 12.6. The van der Waals surface area contributed by atoms with E-state index in [1.807, 2.05) is 35.4 Å². The number of aromatic amines is 1. The number of methoxy groups -OCH3 is 1. The number of benzene rings is 1. The molecule has 0 bridgehead atoms. The first-order chi connectivity index (χ1) is 9.69. The Morgan fingerprint density at radius 1 is 1.40 bits per heavy atom. The predicted molar refractivity (Wildman–Crippen MR) is 81.0 cm³/mol. The zero-order valence-electron chi connectivity index (χ0n) is 12.3. The molecule has 1 unspecified atom stereocenters. The number of carbonyl (C=O) groups is 1. The van der Waals surface area contributed by atoms with Gasteiger partial charge in [0.15, 0.2) is 0 Å². The van der Waals surface area contributed by atoms with Gasteiger partial charge in [0.25, 0.3) is 5.91 Å². The number of ether oxygens (including phenoxy) is 1. The van der Waals surface area contributed by atoms with Crippen LogP contribution in [-0.4, -0.2) is 42.1 Å². The summed E-state index contributed by atoms with van der Waals surface area (Å²) in [6.07, 6.45) is 2.79. The quantitative estimate of drug-likeness (QED) is 0.880. The zero-order chi connectivity index (χ0) is 14.5. The van der Waals surface area contributed by atoms with Gasteiger partial charge in [-0.2, -0.15) is 0 Å². The van der Waals surface area contributed by atoms with Gasteiger partial charge < -0.3 is 14.6 Å². The van der Waals surface area contributed by atoms with Crippen LogP contribution in [0.1, 0.15) is 30.6 Å². The molecule has 1 heterocycles. The Kier molecular flexibility index (Phi) is 4.79. The third-order valence-corrected chi connectivity index (χ3v) is 3.74. The molecular weight excluding hydrogens is 252 g/mol. The molecule has 1 N–H and O–H groups in total. The van der Waals surface area contributed by atoms with Gasteiger partial charge in [-0.05, 0) is 25.5 Å². The summed E-state index contributed by atoms with van der Waals surface area (Å²) in [5.74, 6) is 0.0597. The molecule has 4 heteroatoms. The third kappa shape index (κ3) is 2.85. The molecule has 0 aliphatic heterocycles. The van der Waals surface area contributed by atoms with Crippen LogP contribution in [0.2, 0.25) is 0 Å². The number of fused-ring (bicyclic) bond motifs is 1. The molecule has 1 aromatic heterocycles. The van der Waals surface area contributed by atoms with Gasteiger partial charge in [0, 0.05) is 31.3 Å². The smallest absolute Gasteiger partial charge is 0.256 e. The third-order valence-electron chi connectivity index (χ3n) is 3.74. The monoisotopic (exact) mass is 274 g/mol. The Bertz CT molecular complexity index is 577. The summed E-state index contributed by atoms with van der Waals surface area (Å²) in [7, 11) is 1.66. The first-order valence-corrected chi connectivity index (χ1v) is 7.05. The second kappa shape index (κ2) is 6.57. The molecule has 4 nitrogen and oxygen atoms in total. The number of nitrogens with one attached hydrogen (secondary N) is 1. The Balaban J connectivity index is 2.33. The largest absolute Gasteiger partial charge is 0.383 e. The van der Waals surface area contributed by atoms with Crippen LogP contribution < -0.4 is 0 Å². The molecule has 0 aliphatic carbocycles. The maximum Gasteiger partial charge on any atom is 0.256 e. The number of rotatable bonds is 6. The fourth-order valence-electron chi connectivity index (χ4n) is 2.35. The van der Waals surface area contributed by atoms with Crippen LogP contribution in [0.3, 0.4) is 0 Å². The van der Waals surface area contributed by atoms with Crippen LogP contribution >= 0.6 is 0 Å². The molecule has 1 amide bonds. The number of aromatic nitrogens is 1. The molecule has 0 saturated heterocycles. The minimum Gasteiger partial charge on any atom is -0.383 e. The van der Waals surface area contributed by atoms with E-state index in [9.17, 15) is 4.79 Å². The summed E-state index contributed by atoms with van der Waals surface area (Å²) in [6.45, 7) is 5.33. The van der Waals surface area contributed by atoms with Gasteiger partial charge in [0.1, 0.15) is 0 Å². The summed E-state index contributed by atoms with van der Waals surface area (Å²) in [5, 5.41) is 1.06. The lowest BCUT2D eigenvalue weighted by atomic mass is 10.1. The molecule has 0 saturated carbocycles. The fourth-order valence-corrected chi connectivity index (χ4v) is 2.35. The topological polar surface area (TPSA) is 45.3 Å². The second-order valence-corrected chi connectivity index (χ2v) is 5.00. The van der Waals surface area contributed by atoms with E-state index in [4.69, 9.17) is 4.74 Å². The van der Waals surface area contributed by atoms with Gasteiger partial charge >= 0.3 is 0 Å². The van der Waals surface area contributed by atoms with Gasteiger partial charge in [-0.3, -0.25) is 4.79 Å². The molecule has 20 heavy (non-hydrogen) atoms. The average molecular weight is 274 g/mol. The van der Waals surface area contributed by atoms with Crippen molar-refractivity contribution in [2.45, 2.75) is 26.3 Å². The summed E-state index contributed by atoms with van der Waals surface area (Å²) < 4.78 is 5.12. The van der Waals surface area contributed by atoms with Crippen molar-refractivity contribution in [2.75, 3.05) is 20.3 Å². The minimum absolute atomic E-state index is 0.0597. The van der Waals surface area contributed by atoms with E-state index < -0.39 is 0 Å². The van der Waals surface area contributed by atoms with Gasteiger partial charge in [-0.15, -0.1) is 0 Å². The van der Waals surface area contributed by atoms with Gasteiger partial charge in [0.05, 0.1) is 17.7 Å². The van der Waals surface area contributed by atoms with Crippen LogP contribution in [-0.2, 0) is 4.74 Å². The standard InChI is InChI=1S/C16H22N2O2/c1-4-12(2)18(10-11-20-3)16(19)14-7-5-6-13-8-9-17-15(13)14/h5-9,12,17H,4,10-11H2,1-3H3. The molecule has 1 aromatic carbocycles. The van der Waals surface area contributed by atoms with Crippen LogP contribution in [0.5, 0.6) is 0 Å². The van der Waals surface area contributed by atoms with Crippen molar-refractivity contribution < 1.29 is 9.53 Å². The number of hydrogen-bond donors (Lipinski definition) is 1. The first-order valence-electron chi connectivity index (χ1n) is 7.05. The van der Waals surface area contributed by atoms with Crippen molar-refractivity contribution in [1.82, 2.24) is 9.88 Å². The number of para-hydroxylation sites is 1. The number of carbonyl (C=O) groups excluding carboxylic acids is 1. The van der Waals surface area contributed by atoms with E-state index in [2.05, 4.69) is 18.8 Å². The SMILES string of the molecule is CCC(C)N(CCOC)C(=O)c1cccc2cc[nH]c12. The maximum absolute atomic E-state index is 12.8. The minimum atomic E-state index is 0.0597. The van der Waals surface area contributed by atoms with E-state index >= 15 is 0 Å². The summed E-state index contributed by atoms with van der Waals surface area (Å²) in [5.41, 5.74) is 1.63. The Morgan fingerprint density at radius 3 is 2.90 bits per heavy atom. The maximum atomic E-state index is 12.8. The summed E-state index contributed by atoms with van der Waals surface area (Å²) in [6, 6.07) is 7.99. The second-order valence-electron chi connectivity index (χ2n) is 5.00. The number of amides is 1. The fraction of sp³-hybridized carbons (Fsp3) is 0.438. The average Bonchev–Trinajstić information content (AvgIpc) is 2.95. The lowest BCUT2D eigenvalue weighted by molar-refractivity contribution is 0.0615. The first kappa shape index (κ1) is 14.6. The lowest BCUT2D eigenvalue weighted by Crippen LogP contribution is -2.40. The van der Waals surface area contributed by atoms with E-state index in [-0.39, 0.29) is 11.9 Å². The predicted octanol–water partition coefficient (Wildman–Crippen LogP) is 3.06. The molecule has 108 valence electrons. The van der Waals surface area contributed by atoms with E-state index in [1.54, 1.807) is 7.11 Å². The highest BCUT2D eigenvalue weighted by Crippen LogP contribution is 2.20. The van der Waals surface area contributed by atoms with E-state index in [0.29, 0.717) is 13.2 Å². The van der Waals surface area contributed by atoms with Crippen molar-refractivity contribution in [3.63, 3.8) is 0 Å². The summed E-state index contributed by atoms with van der Waals surface area (Å²) in [4.78, 5) is 17.9. The highest BCUT2D eigenvalue weighted by molar-refractivity contribution is 6.05. The van der Waals surface area contributed by atoms with Crippen molar-refractivity contribution in [2.24, 2.45) is 0 Å². The van der Waals surface area contributed by atoms with Crippen molar-refractivity contribution in [1.29, 1.82) is 0 Å².